The molecule has 0 aromatic carbocycles. The second-order valence-electron chi connectivity index (χ2n) is 4.01. The van der Waals surface area contributed by atoms with Crippen LogP contribution in [0.3, 0.4) is 0 Å². The van der Waals surface area contributed by atoms with Gasteiger partial charge < -0.3 is 11.1 Å². The van der Waals surface area contributed by atoms with Gasteiger partial charge in [0.05, 0.1) is 0 Å². The van der Waals surface area contributed by atoms with E-state index in [2.05, 4.69) is 17.2 Å². The fraction of sp³-hybridized carbons (Fsp3) is 0.917. The molecule has 3 heteroatoms. The van der Waals surface area contributed by atoms with Crippen LogP contribution < -0.4 is 11.1 Å². The second-order valence-corrected chi connectivity index (χ2v) is 4.01. The zero-order valence-electron chi connectivity index (χ0n) is 10.4. The van der Waals surface area contributed by atoms with Gasteiger partial charge in [0.2, 0.25) is 0 Å². The predicted octanol–water partition coefficient (Wildman–Crippen LogP) is 2.66. The van der Waals surface area contributed by atoms with E-state index in [-0.39, 0.29) is 0 Å². The molecule has 0 saturated carbocycles. The van der Waals surface area contributed by atoms with Gasteiger partial charge in [-0.1, -0.05) is 51.9 Å². The van der Waals surface area contributed by atoms with Crippen molar-refractivity contribution in [3.8, 4) is 0 Å². The summed E-state index contributed by atoms with van der Waals surface area (Å²) in [5.41, 5.74) is 5.51. The molecular weight excluding hydrogens is 186 g/mol. The van der Waals surface area contributed by atoms with Gasteiger partial charge in [-0.15, -0.1) is 0 Å². The van der Waals surface area contributed by atoms with Crippen LogP contribution in [0, 0.1) is 0 Å². The molecule has 0 fully saturated rings. The largest absolute Gasteiger partial charge is 0.370 e. The van der Waals surface area contributed by atoms with Crippen molar-refractivity contribution in [2.24, 2.45) is 10.7 Å². The first-order valence-corrected chi connectivity index (χ1v) is 6.27. The van der Waals surface area contributed by atoms with Crippen molar-refractivity contribution in [1.29, 1.82) is 0 Å². The maximum Gasteiger partial charge on any atom is 0.188 e. The summed E-state index contributed by atoms with van der Waals surface area (Å²) >= 11 is 0. The molecule has 0 aromatic rings. The average Bonchev–Trinajstić information content (AvgIpc) is 2.26. The Morgan fingerprint density at radius 2 is 1.53 bits per heavy atom. The molecule has 0 spiro atoms. The molecule has 0 heterocycles. The van der Waals surface area contributed by atoms with Crippen LogP contribution in [0.4, 0.5) is 0 Å². The third-order valence-electron chi connectivity index (χ3n) is 2.58. The van der Waals surface area contributed by atoms with Crippen LogP contribution in [-0.4, -0.2) is 19.6 Å². The Bertz CT molecular complexity index is 155. The molecule has 0 rings (SSSR count). The van der Waals surface area contributed by atoms with Crippen LogP contribution in [0.15, 0.2) is 4.99 Å². The molecule has 3 nitrogen and oxygen atoms in total. The topological polar surface area (TPSA) is 50.4 Å². The van der Waals surface area contributed by atoms with Gasteiger partial charge in [-0.3, -0.25) is 4.99 Å². The molecule has 0 aliphatic heterocycles. The smallest absolute Gasteiger partial charge is 0.188 e. The minimum atomic E-state index is 0.554. The van der Waals surface area contributed by atoms with E-state index in [1.54, 1.807) is 7.05 Å². The molecule has 15 heavy (non-hydrogen) atoms. The van der Waals surface area contributed by atoms with E-state index in [0.717, 1.165) is 6.54 Å². The summed E-state index contributed by atoms with van der Waals surface area (Å²) in [5, 5.41) is 3.07. The average molecular weight is 213 g/mol. The molecule has 0 unspecified atom stereocenters. The Morgan fingerprint density at radius 1 is 1.00 bits per heavy atom. The first-order chi connectivity index (χ1) is 7.31. The summed E-state index contributed by atoms with van der Waals surface area (Å²) in [7, 11) is 1.70. The molecule has 90 valence electrons. The van der Waals surface area contributed by atoms with Crippen LogP contribution in [0.25, 0.3) is 0 Å². The first-order valence-electron chi connectivity index (χ1n) is 6.27. The van der Waals surface area contributed by atoms with Gasteiger partial charge in [-0.25, -0.2) is 0 Å². The molecule has 0 aliphatic rings. The highest BCUT2D eigenvalue weighted by Crippen LogP contribution is 2.07. The Hall–Kier alpha value is -0.730. The van der Waals surface area contributed by atoms with E-state index >= 15 is 0 Å². The molecule has 0 bridgehead atoms. The molecule has 3 N–H and O–H groups in total. The fourth-order valence-electron chi connectivity index (χ4n) is 1.55. The van der Waals surface area contributed by atoms with Crippen molar-refractivity contribution < 1.29 is 0 Å². The number of guanidine groups is 1. The van der Waals surface area contributed by atoms with Crippen LogP contribution in [-0.2, 0) is 0 Å². The third-order valence-corrected chi connectivity index (χ3v) is 2.58. The van der Waals surface area contributed by atoms with E-state index in [9.17, 15) is 0 Å². The number of nitrogens with one attached hydrogen (secondary N) is 1. The minimum absolute atomic E-state index is 0.554. The summed E-state index contributed by atoms with van der Waals surface area (Å²) in [6.45, 7) is 3.21. The standard InChI is InChI=1S/C12H27N3/c1-3-4-5-6-7-8-9-10-11-15-12(13)14-2/h3-11H2,1-2H3,(H3,13,14,15). The van der Waals surface area contributed by atoms with Crippen molar-refractivity contribution in [3.05, 3.63) is 0 Å². The molecule has 0 atom stereocenters. The Kier molecular flexibility index (Phi) is 10.8. The summed E-state index contributed by atoms with van der Waals surface area (Å²) in [6, 6.07) is 0. The van der Waals surface area contributed by atoms with E-state index in [4.69, 9.17) is 5.73 Å². The van der Waals surface area contributed by atoms with Gasteiger partial charge in [0.15, 0.2) is 5.96 Å². The van der Waals surface area contributed by atoms with E-state index in [1.165, 1.54) is 51.4 Å². The number of hydrogen-bond donors (Lipinski definition) is 2. The molecule has 0 aliphatic carbocycles. The van der Waals surface area contributed by atoms with E-state index in [1.807, 2.05) is 0 Å². The van der Waals surface area contributed by atoms with Crippen molar-refractivity contribution in [2.45, 2.75) is 58.3 Å². The predicted molar refractivity (Wildman–Crippen MR) is 68.2 cm³/mol. The van der Waals surface area contributed by atoms with Gasteiger partial charge >= 0.3 is 0 Å². The summed E-state index contributed by atoms with van der Waals surface area (Å²) < 4.78 is 0. The van der Waals surface area contributed by atoms with Crippen molar-refractivity contribution >= 4 is 5.96 Å². The van der Waals surface area contributed by atoms with E-state index < -0.39 is 0 Å². The number of hydrogen-bond acceptors (Lipinski definition) is 1. The van der Waals surface area contributed by atoms with Crippen LogP contribution in [0.1, 0.15) is 58.3 Å². The number of unbranched alkanes of at least 4 members (excludes halogenated alkanes) is 7. The van der Waals surface area contributed by atoms with Gasteiger partial charge in [0.25, 0.3) is 0 Å². The third kappa shape index (κ3) is 11.2. The van der Waals surface area contributed by atoms with Crippen LogP contribution in [0.2, 0.25) is 0 Å². The molecule has 0 aromatic heterocycles. The maximum atomic E-state index is 5.51. The van der Waals surface area contributed by atoms with Gasteiger partial charge in [0.1, 0.15) is 0 Å². The van der Waals surface area contributed by atoms with Gasteiger partial charge in [-0.2, -0.15) is 0 Å². The summed E-state index contributed by atoms with van der Waals surface area (Å²) in [5.74, 6) is 0.554. The lowest BCUT2D eigenvalue weighted by atomic mass is 10.1. The lowest BCUT2D eigenvalue weighted by Gasteiger charge is -2.04. The molecule has 0 amide bonds. The van der Waals surface area contributed by atoms with Crippen molar-refractivity contribution in [1.82, 2.24) is 5.32 Å². The quantitative estimate of drug-likeness (QED) is 0.351. The highest BCUT2D eigenvalue weighted by Gasteiger charge is 1.92. The summed E-state index contributed by atoms with van der Waals surface area (Å²) in [4.78, 5) is 3.84. The normalized spacial score (nSPS) is 11.7. The lowest BCUT2D eigenvalue weighted by Crippen LogP contribution is -2.31. The monoisotopic (exact) mass is 213 g/mol. The Labute approximate surface area is 94.5 Å². The number of aliphatic imine (C=N–C) groups is 1. The van der Waals surface area contributed by atoms with Crippen molar-refractivity contribution in [2.75, 3.05) is 13.6 Å². The molecular formula is C12H27N3. The minimum Gasteiger partial charge on any atom is -0.370 e. The van der Waals surface area contributed by atoms with Gasteiger partial charge in [0, 0.05) is 13.6 Å². The number of nitrogens with zero attached hydrogens (tertiary/aromatic N) is 1. The number of nitrogens with two attached hydrogens (primary N) is 1. The van der Waals surface area contributed by atoms with Crippen LogP contribution in [0.5, 0.6) is 0 Å². The summed E-state index contributed by atoms with van der Waals surface area (Å²) in [6.07, 6.45) is 10.8. The van der Waals surface area contributed by atoms with Crippen molar-refractivity contribution in [3.63, 3.8) is 0 Å². The zero-order chi connectivity index (χ0) is 11.4. The Morgan fingerprint density at radius 3 is 2.07 bits per heavy atom. The second kappa shape index (κ2) is 11.3. The van der Waals surface area contributed by atoms with Crippen LogP contribution >= 0.6 is 0 Å². The SMILES string of the molecule is CCCCCCCCCCNC(N)=NC. The zero-order valence-corrected chi connectivity index (χ0v) is 10.4. The Balaban J connectivity index is 2.99. The van der Waals surface area contributed by atoms with E-state index in [0.29, 0.717) is 5.96 Å². The lowest BCUT2D eigenvalue weighted by molar-refractivity contribution is 0.572. The van der Waals surface area contributed by atoms with Gasteiger partial charge in [-0.05, 0) is 6.42 Å². The molecule has 0 saturated heterocycles. The fourth-order valence-corrected chi connectivity index (χ4v) is 1.55. The number of rotatable bonds is 9. The first kappa shape index (κ1) is 14.3. The highest BCUT2D eigenvalue weighted by molar-refractivity contribution is 5.77. The maximum absolute atomic E-state index is 5.51. The molecule has 0 radical (unpaired) electrons. The highest BCUT2D eigenvalue weighted by atomic mass is 15.1.